The molecule has 0 aromatic heterocycles. The third-order valence-electron chi connectivity index (χ3n) is 3.59. The van der Waals surface area contributed by atoms with Crippen molar-refractivity contribution in [2.45, 2.75) is 0 Å². The average Bonchev–Trinajstić information content (AvgIpc) is 2.86. The number of carboxylic acids is 1. The summed E-state index contributed by atoms with van der Waals surface area (Å²) in [4.78, 5) is 29.7. The van der Waals surface area contributed by atoms with Crippen LogP contribution in [-0.4, -0.2) is 39.2 Å². The van der Waals surface area contributed by atoms with Crippen LogP contribution in [0.4, 0.5) is 5.69 Å². The molecule has 26 heavy (non-hydrogen) atoms. The van der Waals surface area contributed by atoms with Crippen LogP contribution in [0.5, 0.6) is 5.75 Å². The number of aliphatic imine (C=N–C) groups is 1. The predicted molar refractivity (Wildman–Crippen MR) is 102 cm³/mol. The summed E-state index contributed by atoms with van der Waals surface area (Å²) in [7, 11) is 1.60. The molecule has 1 aliphatic rings. The molecule has 0 bridgehead atoms. The number of amides is 1. The van der Waals surface area contributed by atoms with E-state index >= 15 is 0 Å². The Kier molecular flexibility index (Phi) is 5.01. The lowest BCUT2D eigenvalue weighted by Crippen LogP contribution is -2.23. The first-order chi connectivity index (χ1) is 12.3. The standard InChI is InChI=1S/C18H13ClN2O4S/c1-21-16(23)15(8-10-5-6-14(22)13(19)7-10)26-18(21)20-12-4-2-3-11(9-12)17(24)25/h2-9,22H,1H3,(H,24,25)/b15-8-,20-18-. The van der Waals surface area contributed by atoms with Gasteiger partial charge < -0.3 is 10.2 Å². The number of phenols is 1. The maximum Gasteiger partial charge on any atom is 0.335 e. The first-order valence-corrected chi connectivity index (χ1v) is 8.63. The van der Waals surface area contributed by atoms with Crippen molar-refractivity contribution in [2.24, 2.45) is 4.99 Å². The molecule has 0 unspecified atom stereocenters. The summed E-state index contributed by atoms with van der Waals surface area (Å²) >= 11 is 7.06. The number of nitrogens with zero attached hydrogens (tertiary/aromatic N) is 2. The van der Waals surface area contributed by atoms with Gasteiger partial charge in [-0.05, 0) is 53.7 Å². The van der Waals surface area contributed by atoms with Crippen LogP contribution in [0.15, 0.2) is 52.4 Å². The number of hydrogen-bond donors (Lipinski definition) is 2. The highest BCUT2D eigenvalue weighted by Gasteiger charge is 2.30. The number of phenolic OH excluding ortho intramolecular Hbond substituents is 1. The molecule has 0 radical (unpaired) electrons. The Balaban J connectivity index is 1.91. The summed E-state index contributed by atoms with van der Waals surface area (Å²) < 4.78 is 0. The van der Waals surface area contributed by atoms with Crippen LogP contribution < -0.4 is 0 Å². The van der Waals surface area contributed by atoms with Gasteiger partial charge in [-0.3, -0.25) is 9.69 Å². The molecule has 6 nitrogen and oxygen atoms in total. The number of carbonyl (C=O) groups is 2. The number of benzene rings is 2. The van der Waals surface area contributed by atoms with Gasteiger partial charge in [0, 0.05) is 7.05 Å². The van der Waals surface area contributed by atoms with Crippen LogP contribution in [0.25, 0.3) is 6.08 Å². The number of halogens is 1. The summed E-state index contributed by atoms with van der Waals surface area (Å²) in [5.74, 6) is -1.30. The van der Waals surface area contributed by atoms with E-state index in [1.165, 1.54) is 34.9 Å². The van der Waals surface area contributed by atoms with Gasteiger partial charge >= 0.3 is 5.97 Å². The topological polar surface area (TPSA) is 90.2 Å². The first-order valence-electron chi connectivity index (χ1n) is 7.43. The van der Waals surface area contributed by atoms with Crippen molar-refractivity contribution in [2.75, 3.05) is 7.05 Å². The minimum absolute atomic E-state index is 0.0306. The van der Waals surface area contributed by atoms with Crippen LogP contribution in [0.3, 0.4) is 0 Å². The van der Waals surface area contributed by atoms with Gasteiger partial charge in [-0.2, -0.15) is 0 Å². The number of rotatable bonds is 3. The lowest BCUT2D eigenvalue weighted by atomic mass is 10.2. The molecule has 2 N–H and O–H groups in total. The van der Waals surface area contributed by atoms with Crippen LogP contribution in [0.2, 0.25) is 5.02 Å². The molecule has 0 saturated carbocycles. The van der Waals surface area contributed by atoms with Crippen molar-refractivity contribution in [1.82, 2.24) is 4.90 Å². The number of likely N-dealkylation sites (N-methyl/N-ethyl adjacent to an activating group) is 1. The molecular weight excluding hydrogens is 376 g/mol. The van der Waals surface area contributed by atoms with E-state index < -0.39 is 5.97 Å². The molecule has 0 aliphatic carbocycles. The van der Waals surface area contributed by atoms with E-state index in [0.29, 0.717) is 21.3 Å². The van der Waals surface area contributed by atoms with Crippen molar-refractivity contribution in [1.29, 1.82) is 0 Å². The highest BCUT2D eigenvalue weighted by atomic mass is 35.5. The molecule has 8 heteroatoms. The largest absolute Gasteiger partial charge is 0.506 e. The van der Waals surface area contributed by atoms with Gasteiger partial charge in [0.15, 0.2) is 5.17 Å². The molecule has 0 atom stereocenters. The number of carboxylic acid groups (broad SMARTS) is 1. The van der Waals surface area contributed by atoms with Crippen LogP contribution in [-0.2, 0) is 4.79 Å². The summed E-state index contributed by atoms with van der Waals surface area (Å²) in [5.41, 5.74) is 1.24. The SMILES string of the molecule is CN1C(=O)/C(=C/c2ccc(O)c(Cl)c2)S/C1=N\c1cccc(C(=O)O)c1. The summed E-state index contributed by atoms with van der Waals surface area (Å²) in [6.07, 6.45) is 1.66. The van der Waals surface area contributed by atoms with Gasteiger partial charge in [-0.25, -0.2) is 9.79 Å². The molecule has 2 aromatic rings. The van der Waals surface area contributed by atoms with E-state index in [0.717, 1.165) is 0 Å². The van der Waals surface area contributed by atoms with E-state index in [1.807, 2.05) is 0 Å². The molecule has 3 rings (SSSR count). The van der Waals surface area contributed by atoms with Gasteiger partial charge in [0.2, 0.25) is 0 Å². The van der Waals surface area contributed by atoms with E-state index in [4.69, 9.17) is 16.7 Å². The summed E-state index contributed by atoms with van der Waals surface area (Å²) in [5, 5.41) is 19.2. The minimum Gasteiger partial charge on any atom is -0.506 e. The van der Waals surface area contributed by atoms with E-state index in [1.54, 1.807) is 37.4 Å². The zero-order valence-corrected chi connectivity index (χ0v) is 15.1. The normalized spacial score (nSPS) is 17.3. The van der Waals surface area contributed by atoms with Gasteiger partial charge in [0.05, 0.1) is 21.2 Å². The predicted octanol–water partition coefficient (Wildman–Crippen LogP) is 3.98. The monoisotopic (exact) mass is 388 g/mol. The Labute approximate surface area is 158 Å². The number of aromatic carboxylic acids is 1. The Morgan fingerprint density at radius 2 is 2.04 bits per heavy atom. The first kappa shape index (κ1) is 18.0. The molecular formula is C18H13ClN2O4S. The average molecular weight is 389 g/mol. The lowest BCUT2D eigenvalue weighted by molar-refractivity contribution is -0.121. The number of hydrogen-bond acceptors (Lipinski definition) is 5. The van der Waals surface area contributed by atoms with Crippen molar-refractivity contribution in [3.05, 3.63) is 63.5 Å². The van der Waals surface area contributed by atoms with E-state index in [9.17, 15) is 14.7 Å². The maximum atomic E-state index is 12.4. The number of carbonyl (C=O) groups excluding carboxylic acids is 1. The van der Waals surface area contributed by atoms with Gasteiger partial charge in [0.25, 0.3) is 5.91 Å². The van der Waals surface area contributed by atoms with Gasteiger partial charge in [-0.1, -0.05) is 23.7 Å². The second-order valence-electron chi connectivity index (χ2n) is 5.44. The Morgan fingerprint density at radius 3 is 2.73 bits per heavy atom. The van der Waals surface area contributed by atoms with Crippen LogP contribution in [0.1, 0.15) is 15.9 Å². The third-order valence-corrected chi connectivity index (χ3v) is 4.95. The van der Waals surface area contributed by atoms with Crippen molar-refractivity contribution >= 4 is 52.2 Å². The molecule has 0 spiro atoms. The molecule has 1 aliphatic heterocycles. The zero-order chi connectivity index (χ0) is 18.8. The second kappa shape index (κ2) is 7.23. The van der Waals surface area contributed by atoms with Crippen molar-refractivity contribution in [3.63, 3.8) is 0 Å². The molecule has 1 fully saturated rings. The molecule has 132 valence electrons. The third kappa shape index (κ3) is 3.74. The Morgan fingerprint density at radius 1 is 1.27 bits per heavy atom. The number of amidine groups is 1. The zero-order valence-electron chi connectivity index (χ0n) is 13.5. The van der Waals surface area contributed by atoms with Gasteiger partial charge in [-0.15, -0.1) is 0 Å². The number of thioether (sulfide) groups is 1. The summed E-state index contributed by atoms with van der Waals surface area (Å²) in [6.45, 7) is 0. The fraction of sp³-hybridized carbons (Fsp3) is 0.0556. The fourth-order valence-corrected chi connectivity index (χ4v) is 3.41. The fourth-order valence-electron chi connectivity index (χ4n) is 2.23. The van der Waals surface area contributed by atoms with Crippen molar-refractivity contribution < 1.29 is 19.8 Å². The Hall–Kier alpha value is -2.77. The highest BCUT2D eigenvalue weighted by molar-refractivity contribution is 8.18. The lowest BCUT2D eigenvalue weighted by Gasteiger charge is -2.07. The molecule has 1 saturated heterocycles. The number of aromatic hydroxyl groups is 1. The molecule has 2 aromatic carbocycles. The molecule has 1 heterocycles. The van der Waals surface area contributed by atoms with E-state index in [-0.39, 0.29) is 22.2 Å². The van der Waals surface area contributed by atoms with Crippen LogP contribution in [0, 0.1) is 0 Å². The maximum absolute atomic E-state index is 12.4. The smallest absolute Gasteiger partial charge is 0.335 e. The quantitative estimate of drug-likeness (QED) is 0.776. The highest BCUT2D eigenvalue weighted by Crippen LogP contribution is 2.34. The van der Waals surface area contributed by atoms with E-state index in [2.05, 4.69) is 4.99 Å². The van der Waals surface area contributed by atoms with Crippen LogP contribution >= 0.6 is 23.4 Å². The molecule has 1 amide bonds. The van der Waals surface area contributed by atoms with Crippen molar-refractivity contribution in [3.8, 4) is 5.75 Å². The second-order valence-corrected chi connectivity index (χ2v) is 6.85. The van der Waals surface area contributed by atoms with Gasteiger partial charge in [0.1, 0.15) is 5.75 Å². The summed E-state index contributed by atoms with van der Waals surface area (Å²) in [6, 6.07) is 10.8. The minimum atomic E-state index is -1.04. The Bertz CT molecular complexity index is 971.